The largest absolute Gasteiger partial charge is 0.380 e. The molecule has 0 aromatic heterocycles. The first-order chi connectivity index (χ1) is 6.95. The Morgan fingerprint density at radius 1 is 1.47 bits per heavy atom. The Kier molecular flexibility index (Phi) is 4.94. The van der Waals surface area contributed by atoms with Gasteiger partial charge in [0.25, 0.3) is 0 Å². The van der Waals surface area contributed by atoms with Crippen LogP contribution >= 0.6 is 12.6 Å². The lowest BCUT2D eigenvalue weighted by Crippen LogP contribution is -2.40. The summed E-state index contributed by atoms with van der Waals surface area (Å²) in [5.74, 6) is 1.60. The van der Waals surface area contributed by atoms with Crippen molar-refractivity contribution < 1.29 is 4.74 Å². The van der Waals surface area contributed by atoms with Crippen molar-refractivity contribution in [2.24, 2.45) is 11.3 Å². The highest BCUT2D eigenvalue weighted by Gasteiger charge is 2.28. The smallest absolute Gasteiger partial charge is 0.0622 e. The summed E-state index contributed by atoms with van der Waals surface area (Å²) < 4.78 is 5.42. The van der Waals surface area contributed by atoms with Crippen molar-refractivity contribution in [3.05, 3.63) is 0 Å². The van der Waals surface area contributed by atoms with Crippen LogP contribution in [0.1, 0.15) is 27.2 Å². The third-order valence-corrected chi connectivity index (χ3v) is 3.92. The molecule has 3 heteroatoms. The molecule has 0 radical (unpaired) electrons. The van der Waals surface area contributed by atoms with Crippen molar-refractivity contribution in [3.63, 3.8) is 0 Å². The monoisotopic (exact) mass is 231 g/mol. The number of nitrogens with zero attached hydrogens (tertiary/aromatic N) is 1. The Morgan fingerprint density at radius 2 is 2.13 bits per heavy atom. The second-order valence-electron chi connectivity index (χ2n) is 5.70. The van der Waals surface area contributed by atoms with E-state index in [9.17, 15) is 0 Å². The maximum absolute atomic E-state index is 5.42. The zero-order chi connectivity index (χ0) is 11.5. The van der Waals surface area contributed by atoms with Gasteiger partial charge in [0, 0.05) is 19.2 Å². The van der Waals surface area contributed by atoms with Crippen LogP contribution in [0, 0.1) is 11.3 Å². The topological polar surface area (TPSA) is 12.5 Å². The summed E-state index contributed by atoms with van der Waals surface area (Å²) in [7, 11) is 2.21. The van der Waals surface area contributed by atoms with E-state index in [2.05, 4.69) is 45.3 Å². The van der Waals surface area contributed by atoms with E-state index < -0.39 is 0 Å². The van der Waals surface area contributed by atoms with Crippen molar-refractivity contribution in [2.45, 2.75) is 33.2 Å². The average molecular weight is 231 g/mol. The van der Waals surface area contributed by atoms with Gasteiger partial charge in [-0.05, 0) is 30.6 Å². The zero-order valence-electron chi connectivity index (χ0n) is 10.5. The molecular formula is C12H25NOS. The summed E-state index contributed by atoms with van der Waals surface area (Å²) >= 11 is 4.47. The van der Waals surface area contributed by atoms with Crippen LogP contribution in [0.15, 0.2) is 0 Å². The first-order valence-electron chi connectivity index (χ1n) is 5.84. The molecule has 1 fully saturated rings. The molecule has 0 amide bonds. The van der Waals surface area contributed by atoms with E-state index in [1.165, 1.54) is 6.42 Å². The van der Waals surface area contributed by atoms with Gasteiger partial charge in [-0.3, -0.25) is 0 Å². The molecule has 1 aliphatic heterocycles. The van der Waals surface area contributed by atoms with E-state index >= 15 is 0 Å². The summed E-state index contributed by atoms with van der Waals surface area (Å²) in [5.41, 5.74) is 0.343. The fourth-order valence-corrected chi connectivity index (χ4v) is 2.64. The first-order valence-corrected chi connectivity index (χ1v) is 6.47. The molecule has 2 unspecified atom stereocenters. The van der Waals surface area contributed by atoms with Gasteiger partial charge in [0.05, 0.1) is 6.61 Å². The van der Waals surface area contributed by atoms with E-state index in [4.69, 9.17) is 4.74 Å². The van der Waals surface area contributed by atoms with Gasteiger partial charge in [-0.1, -0.05) is 20.8 Å². The van der Waals surface area contributed by atoms with Gasteiger partial charge >= 0.3 is 0 Å². The molecule has 0 spiro atoms. The molecule has 15 heavy (non-hydrogen) atoms. The summed E-state index contributed by atoms with van der Waals surface area (Å²) in [4.78, 5) is 2.44. The van der Waals surface area contributed by atoms with E-state index in [-0.39, 0.29) is 0 Å². The SMILES string of the molecule is CN(CC(CS)C(C)(C)C)C1CCOC1. The highest BCUT2D eigenvalue weighted by molar-refractivity contribution is 7.80. The Morgan fingerprint density at radius 3 is 2.53 bits per heavy atom. The van der Waals surface area contributed by atoms with Crippen LogP contribution in [-0.4, -0.2) is 43.5 Å². The maximum atomic E-state index is 5.42. The van der Waals surface area contributed by atoms with Gasteiger partial charge in [0.2, 0.25) is 0 Å². The number of rotatable bonds is 4. The predicted molar refractivity (Wildman–Crippen MR) is 68.7 cm³/mol. The lowest BCUT2D eigenvalue weighted by molar-refractivity contribution is 0.127. The van der Waals surface area contributed by atoms with Crippen LogP contribution in [0.4, 0.5) is 0 Å². The van der Waals surface area contributed by atoms with E-state index in [1.807, 2.05) is 0 Å². The molecule has 0 bridgehead atoms. The lowest BCUT2D eigenvalue weighted by atomic mass is 9.81. The lowest BCUT2D eigenvalue weighted by Gasteiger charge is -2.35. The Bertz CT molecular complexity index is 185. The van der Waals surface area contributed by atoms with Crippen LogP contribution in [0.2, 0.25) is 0 Å². The first kappa shape index (κ1) is 13.3. The number of hydrogen-bond donors (Lipinski definition) is 1. The van der Waals surface area contributed by atoms with Crippen molar-refractivity contribution >= 4 is 12.6 Å². The zero-order valence-corrected chi connectivity index (χ0v) is 11.4. The van der Waals surface area contributed by atoms with E-state index in [0.29, 0.717) is 17.4 Å². The Hall–Kier alpha value is 0.270. The number of hydrogen-bond acceptors (Lipinski definition) is 3. The van der Waals surface area contributed by atoms with Gasteiger partial charge in [0.1, 0.15) is 0 Å². The summed E-state index contributed by atoms with van der Waals surface area (Å²) in [6.07, 6.45) is 1.18. The third kappa shape index (κ3) is 3.97. The molecule has 1 rings (SSSR count). The maximum Gasteiger partial charge on any atom is 0.0622 e. The van der Waals surface area contributed by atoms with Crippen molar-refractivity contribution in [2.75, 3.05) is 32.6 Å². The van der Waals surface area contributed by atoms with Crippen molar-refractivity contribution in [1.29, 1.82) is 0 Å². The minimum Gasteiger partial charge on any atom is -0.380 e. The summed E-state index contributed by atoms with van der Waals surface area (Å²) in [6.45, 7) is 9.85. The highest BCUT2D eigenvalue weighted by atomic mass is 32.1. The molecule has 2 atom stereocenters. The van der Waals surface area contributed by atoms with Crippen LogP contribution in [0.3, 0.4) is 0 Å². The molecule has 0 N–H and O–H groups in total. The molecule has 1 aliphatic rings. The molecule has 90 valence electrons. The molecule has 1 saturated heterocycles. The van der Waals surface area contributed by atoms with Crippen molar-refractivity contribution in [3.8, 4) is 0 Å². The standard InChI is InChI=1S/C12H25NOS/c1-12(2,3)10(9-15)7-13(4)11-5-6-14-8-11/h10-11,15H,5-9H2,1-4H3. The Labute approximate surface area is 99.8 Å². The predicted octanol–water partition coefficient (Wildman–Crippen LogP) is 2.30. The van der Waals surface area contributed by atoms with E-state index in [0.717, 1.165) is 25.5 Å². The second-order valence-corrected chi connectivity index (χ2v) is 6.07. The van der Waals surface area contributed by atoms with Crippen molar-refractivity contribution in [1.82, 2.24) is 4.90 Å². The third-order valence-electron chi connectivity index (χ3n) is 3.48. The normalized spacial score (nSPS) is 24.8. The fraction of sp³-hybridized carbons (Fsp3) is 1.00. The quantitative estimate of drug-likeness (QED) is 0.745. The number of ether oxygens (including phenoxy) is 1. The molecule has 2 nitrogen and oxygen atoms in total. The minimum absolute atomic E-state index is 0.343. The fourth-order valence-electron chi connectivity index (χ4n) is 1.97. The molecule has 0 aliphatic carbocycles. The van der Waals surface area contributed by atoms with Gasteiger partial charge in [-0.2, -0.15) is 12.6 Å². The molecule has 1 heterocycles. The second kappa shape index (κ2) is 5.55. The minimum atomic E-state index is 0.343. The molecule has 0 aromatic carbocycles. The van der Waals surface area contributed by atoms with Crippen LogP contribution in [-0.2, 0) is 4.74 Å². The van der Waals surface area contributed by atoms with Gasteiger partial charge < -0.3 is 9.64 Å². The van der Waals surface area contributed by atoms with Gasteiger partial charge in [-0.25, -0.2) is 0 Å². The molecule has 0 saturated carbocycles. The number of thiol groups is 1. The molecular weight excluding hydrogens is 206 g/mol. The summed E-state index contributed by atoms with van der Waals surface area (Å²) in [6, 6.07) is 0.620. The highest BCUT2D eigenvalue weighted by Crippen LogP contribution is 2.28. The van der Waals surface area contributed by atoms with Crippen LogP contribution in [0.5, 0.6) is 0 Å². The number of likely N-dealkylation sites (N-methyl/N-ethyl adjacent to an activating group) is 1. The summed E-state index contributed by atoms with van der Waals surface area (Å²) in [5, 5.41) is 0. The van der Waals surface area contributed by atoms with Gasteiger partial charge in [0.15, 0.2) is 0 Å². The van der Waals surface area contributed by atoms with Gasteiger partial charge in [-0.15, -0.1) is 0 Å². The van der Waals surface area contributed by atoms with Crippen LogP contribution in [0.25, 0.3) is 0 Å². The Balaban J connectivity index is 2.43. The average Bonchev–Trinajstić information content (AvgIpc) is 2.64. The van der Waals surface area contributed by atoms with Crippen LogP contribution < -0.4 is 0 Å². The van der Waals surface area contributed by atoms with E-state index in [1.54, 1.807) is 0 Å². The molecule has 0 aromatic rings.